The molecule has 0 spiro atoms. The Labute approximate surface area is 119 Å². The molecule has 0 amide bonds. The Morgan fingerprint density at radius 1 is 1.45 bits per heavy atom. The number of aliphatic carboxylic acids is 1. The molecular formula is C12H12N4O3S. The molecule has 0 unspecified atom stereocenters. The molecule has 0 saturated heterocycles. The van der Waals surface area contributed by atoms with Crippen molar-refractivity contribution >= 4 is 23.9 Å². The molecule has 0 radical (unpaired) electrons. The van der Waals surface area contributed by atoms with Gasteiger partial charge in [0.15, 0.2) is 5.82 Å². The van der Waals surface area contributed by atoms with Crippen LogP contribution in [0, 0.1) is 6.92 Å². The lowest BCUT2D eigenvalue weighted by atomic mass is 10.2. The van der Waals surface area contributed by atoms with Crippen LogP contribution in [-0.2, 0) is 4.79 Å². The number of carbonyl (C=O) groups is 1. The van der Waals surface area contributed by atoms with Crippen LogP contribution >= 0.6 is 11.8 Å². The summed E-state index contributed by atoms with van der Waals surface area (Å²) in [5.74, 6) is -0.414. The van der Waals surface area contributed by atoms with Gasteiger partial charge >= 0.3 is 5.97 Å². The Bertz CT molecular complexity index is 654. The normalized spacial score (nSPS) is 11.1. The highest BCUT2D eigenvalue weighted by Crippen LogP contribution is 2.17. The quantitative estimate of drug-likeness (QED) is 0.637. The molecule has 0 saturated carbocycles. The summed E-state index contributed by atoms with van der Waals surface area (Å²) in [5, 5.41) is 30.6. The summed E-state index contributed by atoms with van der Waals surface area (Å²) in [7, 11) is 0. The zero-order valence-electron chi connectivity index (χ0n) is 10.6. The van der Waals surface area contributed by atoms with Crippen LogP contribution in [0.5, 0.6) is 5.75 Å². The van der Waals surface area contributed by atoms with Crippen LogP contribution in [0.4, 0.5) is 0 Å². The molecule has 2 aromatic rings. The van der Waals surface area contributed by atoms with Crippen LogP contribution in [0.3, 0.4) is 0 Å². The SMILES string of the molecule is Cc1nnc(SCC(=O)O)n1/N=C/c1ccccc1O. The number of nitrogens with zero attached hydrogens (tertiary/aromatic N) is 4. The minimum atomic E-state index is -0.938. The number of para-hydroxylation sites is 1. The molecule has 0 aliphatic carbocycles. The average molecular weight is 292 g/mol. The molecule has 0 bridgehead atoms. The summed E-state index contributed by atoms with van der Waals surface area (Å²) in [6.45, 7) is 1.71. The van der Waals surface area contributed by atoms with Crippen molar-refractivity contribution in [2.24, 2.45) is 5.10 Å². The number of aryl methyl sites for hydroxylation is 1. The van der Waals surface area contributed by atoms with E-state index in [2.05, 4.69) is 15.3 Å². The summed E-state index contributed by atoms with van der Waals surface area (Å²) >= 11 is 1.03. The second-order valence-corrected chi connectivity index (χ2v) is 4.77. The molecule has 1 aromatic carbocycles. The lowest BCUT2D eigenvalue weighted by Crippen LogP contribution is -2.01. The summed E-state index contributed by atoms with van der Waals surface area (Å²) in [6, 6.07) is 6.76. The molecule has 2 N–H and O–H groups in total. The fraction of sp³-hybridized carbons (Fsp3) is 0.167. The van der Waals surface area contributed by atoms with E-state index < -0.39 is 5.97 Å². The van der Waals surface area contributed by atoms with Gasteiger partial charge in [0.1, 0.15) is 5.75 Å². The van der Waals surface area contributed by atoms with Gasteiger partial charge < -0.3 is 10.2 Å². The number of phenolic OH excluding ortho intramolecular Hbond substituents is 1. The third-order valence-electron chi connectivity index (χ3n) is 2.34. The van der Waals surface area contributed by atoms with Crippen LogP contribution < -0.4 is 0 Å². The molecule has 7 nitrogen and oxygen atoms in total. The van der Waals surface area contributed by atoms with Gasteiger partial charge in [-0.25, -0.2) is 0 Å². The van der Waals surface area contributed by atoms with Gasteiger partial charge in [0, 0.05) is 5.56 Å². The van der Waals surface area contributed by atoms with E-state index in [4.69, 9.17) is 5.11 Å². The van der Waals surface area contributed by atoms with E-state index in [1.165, 1.54) is 10.9 Å². The fourth-order valence-electron chi connectivity index (χ4n) is 1.40. The standard InChI is InChI=1S/C12H12N4O3S/c1-8-14-15-12(20-7-11(18)19)16(8)13-6-9-4-2-3-5-10(9)17/h2-6,17H,7H2,1H3,(H,18,19)/b13-6+. The number of carboxylic acid groups (broad SMARTS) is 1. The smallest absolute Gasteiger partial charge is 0.313 e. The highest BCUT2D eigenvalue weighted by Gasteiger charge is 2.10. The number of rotatable bonds is 5. The van der Waals surface area contributed by atoms with E-state index in [-0.39, 0.29) is 11.5 Å². The molecule has 0 fully saturated rings. The zero-order chi connectivity index (χ0) is 14.5. The largest absolute Gasteiger partial charge is 0.507 e. The van der Waals surface area contributed by atoms with Gasteiger partial charge in [-0.05, 0) is 19.1 Å². The number of thioether (sulfide) groups is 1. The Kier molecular flexibility index (Phi) is 4.36. The van der Waals surface area contributed by atoms with E-state index in [1.54, 1.807) is 31.2 Å². The summed E-state index contributed by atoms with van der Waals surface area (Å²) in [5.41, 5.74) is 0.551. The molecule has 8 heteroatoms. The number of hydrogen-bond donors (Lipinski definition) is 2. The Balaban J connectivity index is 2.22. The van der Waals surface area contributed by atoms with Crippen LogP contribution in [0.2, 0.25) is 0 Å². The number of phenols is 1. The van der Waals surface area contributed by atoms with Gasteiger partial charge in [0.25, 0.3) is 0 Å². The first-order valence-corrected chi connectivity index (χ1v) is 6.65. The molecule has 0 aliphatic rings. The van der Waals surface area contributed by atoms with Gasteiger partial charge in [0.2, 0.25) is 5.16 Å². The van der Waals surface area contributed by atoms with Crippen molar-refractivity contribution in [1.82, 2.24) is 14.9 Å². The first-order chi connectivity index (χ1) is 9.58. The highest BCUT2D eigenvalue weighted by atomic mass is 32.2. The van der Waals surface area contributed by atoms with Gasteiger partial charge in [-0.15, -0.1) is 10.2 Å². The number of benzene rings is 1. The maximum absolute atomic E-state index is 10.6. The molecule has 0 atom stereocenters. The Morgan fingerprint density at radius 3 is 2.90 bits per heavy atom. The van der Waals surface area contributed by atoms with E-state index in [9.17, 15) is 9.90 Å². The number of carboxylic acids is 1. The maximum Gasteiger partial charge on any atom is 0.313 e. The van der Waals surface area contributed by atoms with Crippen molar-refractivity contribution in [2.45, 2.75) is 12.1 Å². The summed E-state index contributed by atoms with van der Waals surface area (Å²) < 4.78 is 1.43. The number of hydrogen-bond acceptors (Lipinski definition) is 6. The lowest BCUT2D eigenvalue weighted by molar-refractivity contribution is -0.133. The van der Waals surface area contributed by atoms with Crippen molar-refractivity contribution < 1.29 is 15.0 Å². The minimum absolute atomic E-state index is 0.113. The van der Waals surface area contributed by atoms with Crippen LogP contribution in [0.1, 0.15) is 11.4 Å². The van der Waals surface area contributed by atoms with E-state index in [0.29, 0.717) is 16.5 Å². The second-order valence-electron chi connectivity index (χ2n) is 3.83. The van der Waals surface area contributed by atoms with Gasteiger partial charge in [-0.3, -0.25) is 4.79 Å². The average Bonchev–Trinajstić information content (AvgIpc) is 2.76. The fourth-order valence-corrected chi connectivity index (χ4v) is 2.06. The molecule has 0 aliphatic heterocycles. The Morgan fingerprint density at radius 2 is 2.20 bits per heavy atom. The number of aromatic hydroxyl groups is 1. The second kappa shape index (κ2) is 6.20. The van der Waals surface area contributed by atoms with Crippen molar-refractivity contribution in [1.29, 1.82) is 0 Å². The first kappa shape index (κ1) is 14.1. The van der Waals surface area contributed by atoms with Crippen molar-refractivity contribution in [3.63, 3.8) is 0 Å². The monoisotopic (exact) mass is 292 g/mol. The van der Waals surface area contributed by atoms with E-state index >= 15 is 0 Å². The predicted molar refractivity (Wildman–Crippen MR) is 74.2 cm³/mol. The Hall–Kier alpha value is -2.35. The van der Waals surface area contributed by atoms with Crippen molar-refractivity contribution in [2.75, 3.05) is 5.75 Å². The van der Waals surface area contributed by atoms with Crippen LogP contribution in [0.25, 0.3) is 0 Å². The third-order valence-corrected chi connectivity index (χ3v) is 3.25. The van der Waals surface area contributed by atoms with Crippen molar-refractivity contribution in [3.05, 3.63) is 35.7 Å². The van der Waals surface area contributed by atoms with Crippen LogP contribution in [-0.4, -0.2) is 43.0 Å². The predicted octanol–water partition coefficient (Wildman–Crippen LogP) is 1.35. The molecular weight excluding hydrogens is 280 g/mol. The molecule has 104 valence electrons. The van der Waals surface area contributed by atoms with E-state index in [1.807, 2.05) is 0 Å². The van der Waals surface area contributed by atoms with Crippen molar-refractivity contribution in [3.8, 4) is 5.75 Å². The topological polar surface area (TPSA) is 101 Å². The highest BCUT2D eigenvalue weighted by molar-refractivity contribution is 7.99. The molecule has 2 rings (SSSR count). The lowest BCUT2D eigenvalue weighted by Gasteiger charge is -2.01. The third kappa shape index (κ3) is 3.35. The summed E-state index contributed by atoms with van der Waals surface area (Å²) in [6.07, 6.45) is 1.47. The van der Waals surface area contributed by atoms with Gasteiger partial charge in [-0.2, -0.15) is 9.78 Å². The zero-order valence-corrected chi connectivity index (χ0v) is 11.4. The minimum Gasteiger partial charge on any atom is -0.507 e. The molecule has 1 heterocycles. The van der Waals surface area contributed by atoms with Gasteiger partial charge in [0.05, 0.1) is 12.0 Å². The first-order valence-electron chi connectivity index (χ1n) is 5.67. The van der Waals surface area contributed by atoms with Crippen LogP contribution in [0.15, 0.2) is 34.5 Å². The summed E-state index contributed by atoms with van der Waals surface area (Å²) in [4.78, 5) is 10.6. The molecule has 1 aromatic heterocycles. The van der Waals surface area contributed by atoms with E-state index in [0.717, 1.165) is 11.8 Å². The van der Waals surface area contributed by atoms with Gasteiger partial charge in [-0.1, -0.05) is 23.9 Å². The number of aromatic nitrogens is 3. The molecule has 20 heavy (non-hydrogen) atoms. The maximum atomic E-state index is 10.6.